The molecular weight excluding hydrogens is 288 g/mol. The molecule has 1 aromatic rings. The van der Waals surface area contributed by atoms with Crippen LogP contribution in [0.5, 0.6) is 5.75 Å². The highest BCUT2D eigenvalue weighted by Crippen LogP contribution is 2.17. The molecule has 1 aliphatic heterocycles. The van der Waals surface area contributed by atoms with Crippen molar-refractivity contribution in [1.82, 2.24) is 9.80 Å². The Labute approximate surface area is 140 Å². The number of piperidine rings is 1. The van der Waals surface area contributed by atoms with Gasteiger partial charge in [-0.3, -0.25) is 0 Å². The minimum absolute atomic E-state index is 0.600. The molecule has 0 aliphatic carbocycles. The van der Waals surface area contributed by atoms with E-state index in [1.807, 2.05) is 32.3 Å². The number of hydrogen-bond donors (Lipinski definition) is 1. The fourth-order valence-corrected chi connectivity index (χ4v) is 2.59. The monoisotopic (exact) mass is 318 g/mol. The van der Waals surface area contributed by atoms with Crippen molar-refractivity contribution in [3.8, 4) is 5.75 Å². The predicted molar refractivity (Wildman–Crippen MR) is 95.8 cm³/mol. The Balaban J connectivity index is 1.85. The Morgan fingerprint density at radius 2 is 2.09 bits per heavy atom. The molecule has 1 aromatic carbocycles. The molecule has 1 saturated heterocycles. The Morgan fingerprint density at radius 3 is 2.78 bits per heavy atom. The van der Waals surface area contributed by atoms with Crippen molar-refractivity contribution in [3.63, 3.8) is 0 Å². The molecule has 1 heterocycles. The van der Waals surface area contributed by atoms with Crippen LogP contribution in [0.25, 0.3) is 0 Å². The Hall–Kier alpha value is -1.75. The lowest BCUT2D eigenvalue weighted by Crippen LogP contribution is -2.42. The van der Waals surface area contributed by atoms with Gasteiger partial charge in [0.1, 0.15) is 12.4 Å². The molecule has 0 aromatic heterocycles. The van der Waals surface area contributed by atoms with Crippen molar-refractivity contribution in [1.29, 1.82) is 0 Å². The Morgan fingerprint density at radius 1 is 1.35 bits per heavy atom. The van der Waals surface area contributed by atoms with Crippen LogP contribution in [-0.4, -0.2) is 56.1 Å². The average molecular weight is 318 g/mol. The lowest BCUT2D eigenvalue weighted by molar-refractivity contribution is 0.261. The van der Waals surface area contributed by atoms with E-state index in [0.29, 0.717) is 19.1 Å². The standard InChI is InChI=1S/C18H30N4O/c1-15-7-9-22(10-8-15)18(19)20-14-16-5-4-6-17(13-16)23-12-11-21(2)3/h4-6,13,15H,7-12,14H2,1-3H3,(H2,19,20). The van der Waals surface area contributed by atoms with Crippen molar-refractivity contribution in [2.24, 2.45) is 16.6 Å². The van der Waals surface area contributed by atoms with Gasteiger partial charge in [-0.1, -0.05) is 19.1 Å². The molecule has 128 valence electrons. The van der Waals surface area contributed by atoms with E-state index in [1.54, 1.807) is 0 Å². The first kappa shape index (κ1) is 17.6. The van der Waals surface area contributed by atoms with E-state index in [9.17, 15) is 0 Å². The molecular formula is C18H30N4O. The first-order chi connectivity index (χ1) is 11.0. The van der Waals surface area contributed by atoms with E-state index in [4.69, 9.17) is 10.5 Å². The molecule has 0 unspecified atom stereocenters. The third-order valence-corrected chi connectivity index (χ3v) is 4.24. The normalized spacial score (nSPS) is 16.9. The third-order valence-electron chi connectivity index (χ3n) is 4.24. The molecule has 23 heavy (non-hydrogen) atoms. The number of aliphatic imine (C=N–C) groups is 1. The maximum absolute atomic E-state index is 6.13. The van der Waals surface area contributed by atoms with Crippen LogP contribution in [-0.2, 0) is 6.54 Å². The number of nitrogens with zero attached hydrogens (tertiary/aromatic N) is 3. The summed E-state index contributed by atoms with van der Waals surface area (Å²) in [5.74, 6) is 2.36. The maximum atomic E-state index is 6.13. The predicted octanol–water partition coefficient (Wildman–Crippen LogP) is 2.17. The summed E-state index contributed by atoms with van der Waals surface area (Å²) in [6.45, 7) is 6.53. The van der Waals surface area contributed by atoms with Gasteiger partial charge in [0.25, 0.3) is 0 Å². The van der Waals surface area contributed by atoms with Crippen LogP contribution in [0.3, 0.4) is 0 Å². The summed E-state index contributed by atoms with van der Waals surface area (Å²) >= 11 is 0. The molecule has 0 saturated carbocycles. The van der Waals surface area contributed by atoms with Crippen LogP contribution in [0.4, 0.5) is 0 Å². The number of hydrogen-bond acceptors (Lipinski definition) is 3. The van der Waals surface area contributed by atoms with Crippen LogP contribution >= 0.6 is 0 Å². The molecule has 1 fully saturated rings. The fraction of sp³-hybridized carbons (Fsp3) is 0.611. The summed E-state index contributed by atoms with van der Waals surface area (Å²) < 4.78 is 5.76. The second-order valence-corrected chi connectivity index (χ2v) is 6.64. The van der Waals surface area contributed by atoms with Crippen molar-refractivity contribution in [3.05, 3.63) is 29.8 Å². The molecule has 0 radical (unpaired) electrons. The number of ether oxygens (including phenoxy) is 1. The van der Waals surface area contributed by atoms with Gasteiger partial charge in [-0.2, -0.15) is 0 Å². The average Bonchev–Trinajstić information content (AvgIpc) is 2.53. The highest BCUT2D eigenvalue weighted by Gasteiger charge is 2.16. The lowest BCUT2D eigenvalue weighted by atomic mass is 10.00. The molecule has 5 nitrogen and oxygen atoms in total. The molecule has 5 heteroatoms. The number of rotatable bonds is 6. The first-order valence-electron chi connectivity index (χ1n) is 8.46. The van der Waals surface area contributed by atoms with Crippen molar-refractivity contribution >= 4 is 5.96 Å². The van der Waals surface area contributed by atoms with Crippen LogP contribution in [0.1, 0.15) is 25.3 Å². The Bertz CT molecular complexity index is 507. The zero-order chi connectivity index (χ0) is 16.7. The van der Waals surface area contributed by atoms with Gasteiger partial charge < -0.3 is 20.3 Å². The highest BCUT2D eigenvalue weighted by molar-refractivity contribution is 5.78. The van der Waals surface area contributed by atoms with Gasteiger partial charge in [0.2, 0.25) is 0 Å². The van der Waals surface area contributed by atoms with E-state index in [0.717, 1.165) is 36.9 Å². The van der Waals surface area contributed by atoms with Crippen molar-refractivity contribution in [2.45, 2.75) is 26.3 Å². The maximum Gasteiger partial charge on any atom is 0.191 e. The highest BCUT2D eigenvalue weighted by atomic mass is 16.5. The number of guanidine groups is 1. The SMILES string of the molecule is CC1CCN(C(N)=NCc2cccc(OCCN(C)C)c2)CC1. The number of likely N-dealkylation sites (N-methyl/N-ethyl adjacent to an activating group) is 1. The summed E-state index contributed by atoms with van der Waals surface area (Å²) in [5, 5.41) is 0. The van der Waals surface area contributed by atoms with Crippen LogP contribution in [0.2, 0.25) is 0 Å². The van der Waals surface area contributed by atoms with Gasteiger partial charge in [-0.25, -0.2) is 4.99 Å². The summed E-state index contributed by atoms with van der Waals surface area (Å²) in [4.78, 5) is 8.85. The van der Waals surface area contributed by atoms with Crippen molar-refractivity contribution in [2.75, 3.05) is 40.3 Å². The van der Waals surface area contributed by atoms with E-state index < -0.39 is 0 Å². The van der Waals surface area contributed by atoms with E-state index >= 15 is 0 Å². The van der Waals surface area contributed by atoms with E-state index in [-0.39, 0.29) is 0 Å². The molecule has 2 N–H and O–H groups in total. The zero-order valence-corrected chi connectivity index (χ0v) is 14.7. The number of benzene rings is 1. The van der Waals surface area contributed by atoms with E-state index in [1.165, 1.54) is 12.8 Å². The van der Waals surface area contributed by atoms with Gasteiger partial charge in [0.05, 0.1) is 6.54 Å². The molecule has 0 atom stereocenters. The van der Waals surface area contributed by atoms with Crippen molar-refractivity contribution < 1.29 is 4.74 Å². The summed E-state index contributed by atoms with van der Waals surface area (Å²) in [5.41, 5.74) is 7.26. The van der Waals surface area contributed by atoms with Gasteiger partial charge in [0, 0.05) is 19.6 Å². The van der Waals surface area contributed by atoms with E-state index in [2.05, 4.69) is 27.8 Å². The quantitative estimate of drug-likeness (QED) is 0.645. The molecule has 1 aliphatic rings. The lowest BCUT2D eigenvalue weighted by Gasteiger charge is -2.31. The van der Waals surface area contributed by atoms with Crippen LogP contribution in [0, 0.1) is 5.92 Å². The summed E-state index contributed by atoms with van der Waals surface area (Å²) in [6, 6.07) is 8.10. The molecule has 0 spiro atoms. The topological polar surface area (TPSA) is 54.1 Å². The van der Waals surface area contributed by atoms with Crippen LogP contribution < -0.4 is 10.5 Å². The molecule has 0 bridgehead atoms. The number of likely N-dealkylation sites (tertiary alicyclic amines) is 1. The minimum atomic E-state index is 0.600. The van der Waals surface area contributed by atoms with Gasteiger partial charge in [-0.15, -0.1) is 0 Å². The largest absolute Gasteiger partial charge is 0.492 e. The van der Waals surface area contributed by atoms with Gasteiger partial charge in [-0.05, 0) is 50.6 Å². The Kier molecular flexibility index (Phi) is 6.71. The first-order valence-corrected chi connectivity index (χ1v) is 8.46. The number of nitrogens with two attached hydrogens (primary N) is 1. The van der Waals surface area contributed by atoms with Gasteiger partial charge >= 0.3 is 0 Å². The fourth-order valence-electron chi connectivity index (χ4n) is 2.59. The zero-order valence-electron chi connectivity index (χ0n) is 14.7. The second kappa shape index (κ2) is 8.77. The second-order valence-electron chi connectivity index (χ2n) is 6.64. The molecule has 0 amide bonds. The molecule has 2 rings (SSSR count). The summed E-state index contributed by atoms with van der Waals surface area (Å²) in [7, 11) is 4.08. The minimum Gasteiger partial charge on any atom is -0.492 e. The van der Waals surface area contributed by atoms with Gasteiger partial charge in [0.15, 0.2) is 5.96 Å². The van der Waals surface area contributed by atoms with Crippen LogP contribution in [0.15, 0.2) is 29.3 Å². The summed E-state index contributed by atoms with van der Waals surface area (Å²) in [6.07, 6.45) is 2.40. The third kappa shape index (κ3) is 6.10. The smallest absolute Gasteiger partial charge is 0.191 e.